The zero-order valence-corrected chi connectivity index (χ0v) is 20.2. The Morgan fingerprint density at radius 1 is 1.12 bits per heavy atom. The molecule has 34 heavy (non-hydrogen) atoms. The molecule has 2 aromatic heterocycles. The van der Waals surface area contributed by atoms with Gasteiger partial charge in [-0.05, 0) is 31.5 Å². The Morgan fingerprint density at radius 2 is 1.88 bits per heavy atom. The Bertz CT molecular complexity index is 1130. The summed E-state index contributed by atoms with van der Waals surface area (Å²) < 4.78 is 42.4. The van der Waals surface area contributed by atoms with Gasteiger partial charge < -0.3 is 28.7 Å². The first kappa shape index (κ1) is 23.4. The average molecular weight is 488 g/mol. The van der Waals surface area contributed by atoms with Gasteiger partial charge in [-0.3, -0.25) is 9.19 Å². The summed E-state index contributed by atoms with van der Waals surface area (Å²) in [6, 6.07) is 9.45. The Labute approximate surface area is 200 Å². The topological polar surface area (TPSA) is 105 Å². The van der Waals surface area contributed by atoms with Crippen molar-refractivity contribution in [3.05, 3.63) is 47.8 Å². The first-order valence-electron chi connectivity index (χ1n) is 11.5. The number of imidazole rings is 1. The zero-order chi connectivity index (χ0) is 23.6. The molecule has 2 aliphatic rings. The van der Waals surface area contributed by atoms with Gasteiger partial charge in [-0.2, -0.15) is 0 Å². The summed E-state index contributed by atoms with van der Waals surface area (Å²) in [5.74, 6) is -0.554. The first-order chi connectivity index (χ1) is 16.5. The van der Waals surface area contributed by atoms with Gasteiger partial charge in [0.15, 0.2) is 10.9 Å². The molecular formula is C24H29N3O6S. The summed E-state index contributed by atoms with van der Waals surface area (Å²) in [5.41, 5.74) is 3.22. The van der Waals surface area contributed by atoms with Crippen LogP contribution in [0.5, 0.6) is 5.75 Å². The van der Waals surface area contributed by atoms with Crippen molar-refractivity contribution in [1.82, 2.24) is 15.0 Å². The van der Waals surface area contributed by atoms with E-state index >= 15 is 0 Å². The van der Waals surface area contributed by atoms with E-state index < -0.39 is 22.4 Å². The second kappa shape index (κ2) is 9.71. The number of nitrogens with zero attached hydrogens (tertiary/aromatic N) is 2. The van der Waals surface area contributed by atoms with Crippen LogP contribution in [-0.2, 0) is 35.5 Å². The number of aromatic amines is 1. The lowest BCUT2D eigenvalue weighted by atomic mass is 10.1. The number of ether oxygens (including phenoxy) is 5. The molecule has 1 unspecified atom stereocenters. The minimum Gasteiger partial charge on any atom is -0.493 e. The molecule has 1 spiro atoms. The molecule has 0 saturated carbocycles. The van der Waals surface area contributed by atoms with Crippen molar-refractivity contribution < 1.29 is 27.9 Å². The van der Waals surface area contributed by atoms with Crippen LogP contribution < -0.4 is 4.74 Å². The molecule has 1 atom stereocenters. The van der Waals surface area contributed by atoms with Crippen LogP contribution in [0.3, 0.4) is 0 Å². The van der Waals surface area contributed by atoms with Crippen LogP contribution in [0.2, 0.25) is 0 Å². The highest BCUT2D eigenvalue weighted by Gasteiger charge is 2.47. The van der Waals surface area contributed by atoms with Gasteiger partial charge in [-0.1, -0.05) is 19.1 Å². The number of pyridine rings is 1. The van der Waals surface area contributed by atoms with Crippen molar-refractivity contribution in [1.29, 1.82) is 0 Å². The summed E-state index contributed by atoms with van der Waals surface area (Å²) in [5, 5.41) is 0.443. The average Bonchev–Trinajstić information content (AvgIpc) is 3.50. The third-order valence-corrected chi connectivity index (χ3v) is 7.47. The second-order valence-corrected chi connectivity index (χ2v) is 9.84. The molecule has 10 heteroatoms. The highest BCUT2D eigenvalue weighted by atomic mass is 32.2. The summed E-state index contributed by atoms with van der Waals surface area (Å²) in [4.78, 5) is 12.0. The zero-order valence-electron chi connectivity index (χ0n) is 19.4. The standard InChI is InChI=1S/C24H29N3O6S/c1-3-23(32-15-24(16-33-23)30-12-13-31-24)9-11-29-21-8-10-25-20(17(21)2)14-34(28)22-26-18-6-4-5-7-19(18)27-22/h4-8,10H,3,9,11-16H2,1-2H3,(H,26,27). The fourth-order valence-electron chi connectivity index (χ4n) is 4.16. The molecule has 0 radical (unpaired) electrons. The van der Waals surface area contributed by atoms with Gasteiger partial charge in [0.2, 0.25) is 5.79 Å². The summed E-state index contributed by atoms with van der Waals surface area (Å²) in [6.45, 7) is 6.14. The summed E-state index contributed by atoms with van der Waals surface area (Å²) in [7, 11) is -1.36. The molecule has 1 N–H and O–H groups in total. The van der Waals surface area contributed by atoms with E-state index in [9.17, 15) is 4.21 Å². The van der Waals surface area contributed by atoms with Gasteiger partial charge in [0.05, 0.1) is 53.1 Å². The number of aromatic nitrogens is 3. The van der Waals surface area contributed by atoms with E-state index in [1.165, 1.54) is 0 Å². The number of hydrogen-bond acceptors (Lipinski definition) is 8. The highest BCUT2D eigenvalue weighted by molar-refractivity contribution is 7.84. The molecule has 182 valence electrons. The molecule has 0 amide bonds. The molecule has 0 aliphatic carbocycles. The van der Waals surface area contributed by atoms with Crippen molar-refractivity contribution in [2.24, 2.45) is 0 Å². The molecule has 2 fully saturated rings. The Balaban J connectivity index is 1.20. The van der Waals surface area contributed by atoms with E-state index in [-0.39, 0.29) is 5.75 Å². The molecule has 1 aromatic carbocycles. The minimum absolute atomic E-state index is 0.246. The molecule has 2 aliphatic heterocycles. The third-order valence-electron chi connectivity index (χ3n) is 6.31. The smallest absolute Gasteiger partial charge is 0.216 e. The maximum atomic E-state index is 12.9. The van der Waals surface area contributed by atoms with E-state index in [0.29, 0.717) is 62.5 Å². The number of rotatable bonds is 8. The van der Waals surface area contributed by atoms with Gasteiger partial charge in [0.25, 0.3) is 0 Å². The van der Waals surface area contributed by atoms with Gasteiger partial charge in [-0.25, -0.2) is 4.98 Å². The molecule has 3 aromatic rings. The predicted molar refractivity (Wildman–Crippen MR) is 125 cm³/mol. The Hall–Kier alpha value is -2.37. The number of para-hydroxylation sites is 2. The lowest BCUT2D eigenvalue weighted by Crippen LogP contribution is -2.54. The van der Waals surface area contributed by atoms with E-state index in [2.05, 4.69) is 15.0 Å². The third kappa shape index (κ3) is 4.73. The predicted octanol–water partition coefficient (Wildman–Crippen LogP) is 3.24. The fourth-order valence-corrected chi connectivity index (χ4v) is 5.26. The van der Waals surface area contributed by atoms with Gasteiger partial charge in [0, 0.05) is 18.2 Å². The van der Waals surface area contributed by atoms with Crippen LogP contribution >= 0.6 is 0 Å². The number of fused-ring (bicyclic) bond motifs is 1. The van der Waals surface area contributed by atoms with Crippen molar-refractivity contribution >= 4 is 21.8 Å². The largest absolute Gasteiger partial charge is 0.493 e. The van der Waals surface area contributed by atoms with E-state index in [1.807, 2.05) is 44.2 Å². The molecule has 0 bridgehead atoms. The van der Waals surface area contributed by atoms with Gasteiger partial charge in [0.1, 0.15) is 19.0 Å². The number of hydrogen-bond donors (Lipinski definition) is 1. The highest BCUT2D eigenvalue weighted by Crippen LogP contribution is 2.34. The molecular weight excluding hydrogens is 458 g/mol. The maximum Gasteiger partial charge on any atom is 0.216 e. The normalized spacial score (nSPS) is 20.1. The fraction of sp³-hybridized carbons (Fsp3) is 0.500. The quantitative estimate of drug-likeness (QED) is 0.516. The number of nitrogens with one attached hydrogen (secondary N) is 1. The van der Waals surface area contributed by atoms with Crippen LogP contribution in [0.1, 0.15) is 31.0 Å². The number of benzene rings is 1. The van der Waals surface area contributed by atoms with Crippen molar-refractivity contribution in [2.75, 3.05) is 33.0 Å². The molecule has 5 rings (SSSR count). The summed E-state index contributed by atoms with van der Waals surface area (Å²) in [6.07, 6.45) is 2.92. The Morgan fingerprint density at radius 3 is 2.62 bits per heavy atom. The molecule has 4 heterocycles. The van der Waals surface area contributed by atoms with Crippen LogP contribution in [0.4, 0.5) is 0 Å². The van der Waals surface area contributed by atoms with Crippen LogP contribution in [-0.4, -0.2) is 63.8 Å². The first-order valence-corrected chi connectivity index (χ1v) is 12.8. The number of H-pyrrole nitrogens is 1. The maximum absolute atomic E-state index is 12.9. The van der Waals surface area contributed by atoms with Gasteiger partial charge in [-0.15, -0.1) is 0 Å². The van der Waals surface area contributed by atoms with E-state index in [4.69, 9.17) is 23.7 Å². The second-order valence-electron chi connectivity index (χ2n) is 8.48. The van der Waals surface area contributed by atoms with Crippen molar-refractivity contribution in [3.63, 3.8) is 0 Å². The van der Waals surface area contributed by atoms with Crippen LogP contribution in [0.25, 0.3) is 11.0 Å². The van der Waals surface area contributed by atoms with E-state index in [1.54, 1.807) is 6.20 Å². The van der Waals surface area contributed by atoms with Gasteiger partial charge >= 0.3 is 0 Å². The lowest BCUT2D eigenvalue weighted by molar-refractivity contribution is -0.365. The Kier molecular flexibility index (Phi) is 6.67. The summed E-state index contributed by atoms with van der Waals surface area (Å²) >= 11 is 0. The van der Waals surface area contributed by atoms with Crippen molar-refractivity contribution in [2.45, 2.75) is 49.2 Å². The van der Waals surface area contributed by atoms with Crippen LogP contribution in [0.15, 0.2) is 41.7 Å². The molecule has 9 nitrogen and oxygen atoms in total. The SMILES string of the molecule is CCC1(CCOc2ccnc(CS(=O)c3nc4ccccc4[nH]3)c2C)OCC2(CO1)OCCO2. The van der Waals surface area contributed by atoms with Crippen LogP contribution in [0, 0.1) is 6.92 Å². The molecule has 2 saturated heterocycles. The minimum atomic E-state index is -1.36. The van der Waals surface area contributed by atoms with Crippen molar-refractivity contribution in [3.8, 4) is 5.75 Å². The lowest BCUT2D eigenvalue weighted by Gasteiger charge is -2.43. The van der Waals surface area contributed by atoms with E-state index in [0.717, 1.165) is 16.6 Å². The monoisotopic (exact) mass is 487 g/mol.